The second kappa shape index (κ2) is 8.65. The van der Waals surface area contributed by atoms with Crippen LogP contribution < -0.4 is 15.4 Å². The van der Waals surface area contributed by atoms with Gasteiger partial charge in [0, 0.05) is 15.6 Å². The van der Waals surface area contributed by atoms with Gasteiger partial charge in [0.25, 0.3) is 11.8 Å². The van der Waals surface area contributed by atoms with Gasteiger partial charge in [-0.3, -0.25) is 20.2 Å². The lowest BCUT2D eigenvalue weighted by Gasteiger charge is -2.15. The molecule has 2 N–H and O–H groups in total. The van der Waals surface area contributed by atoms with E-state index in [9.17, 15) is 14.4 Å². The first-order valence-electron chi connectivity index (χ1n) is 7.68. The van der Waals surface area contributed by atoms with E-state index in [2.05, 4.69) is 31.9 Å². The first-order chi connectivity index (χ1) is 13.2. The number of barbiturate groups is 1. The molecule has 3 rings (SSSR count). The second-order valence-electron chi connectivity index (χ2n) is 5.63. The number of carbonyl (C=O) groups excluding carboxylic acids is 3. The summed E-state index contributed by atoms with van der Waals surface area (Å²) in [5.74, 6) is -1.02. The van der Waals surface area contributed by atoms with E-state index in [1.165, 1.54) is 6.08 Å². The zero-order valence-electron chi connectivity index (χ0n) is 13.8. The molecule has 0 atom stereocenters. The maximum Gasteiger partial charge on any atom is 0.328 e. The normalized spacial score (nSPS) is 13.9. The Bertz CT molecular complexity index is 995. The van der Waals surface area contributed by atoms with Crippen LogP contribution in [0.5, 0.6) is 5.75 Å². The minimum atomic E-state index is -0.848. The number of nitrogens with one attached hydrogen (secondary N) is 2. The van der Waals surface area contributed by atoms with Gasteiger partial charge in [0.1, 0.15) is 17.9 Å². The average Bonchev–Trinajstić information content (AvgIpc) is 2.59. The Morgan fingerprint density at radius 3 is 2.14 bits per heavy atom. The summed E-state index contributed by atoms with van der Waals surface area (Å²) in [4.78, 5) is 34.8. The Labute approximate surface area is 186 Å². The number of hydrogen-bond donors (Lipinski definition) is 2. The molecule has 0 saturated carbocycles. The number of benzene rings is 2. The monoisotopic (exact) mass is 546 g/mol. The fraction of sp³-hybridized carbons (Fsp3) is 0.0556. The van der Waals surface area contributed by atoms with Crippen LogP contribution in [0.4, 0.5) is 4.79 Å². The molecule has 2 aromatic carbocycles. The van der Waals surface area contributed by atoms with Crippen molar-refractivity contribution in [2.45, 2.75) is 6.61 Å². The molecule has 2 aromatic rings. The van der Waals surface area contributed by atoms with Crippen LogP contribution >= 0.6 is 55.1 Å². The number of halogens is 4. The van der Waals surface area contributed by atoms with E-state index < -0.39 is 17.8 Å². The highest BCUT2D eigenvalue weighted by Crippen LogP contribution is 2.36. The van der Waals surface area contributed by atoms with Crippen molar-refractivity contribution >= 4 is 79.0 Å². The van der Waals surface area contributed by atoms with Crippen molar-refractivity contribution in [3.8, 4) is 5.75 Å². The number of amides is 4. The molecular formula is C18H10Br2Cl2N2O4. The van der Waals surface area contributed by atoms with E-state index in [-0.39, 0.29) is 12.2 Å². The maximum absolute atomic E-state index is 11.8. The summed E-state index contributed by atoms with van der Waals surface area (Å²) >= 11 is 18.9. The molecular weight excluding hydrogens is 539 g/mol. The molecule has 4 amide bonds. The van der Waals surface area contributed by atoms with Crippen LogP contribution in [0.25, 0.3) is 6.08 Å². The summed E-state index contributed by atoms with van der Waals surface area (Å²) in [6, 6.07) is 7.62. The summed E-state index contributed by atoms with van der Waals surface area (Å²) in [6.07, 6.45) is 1.37. The van der Waals surface area contributed by atoms with Gasteiger partial charge in [-0.1, -0.05) is 29.3 Å². The largest absolute Gasteiger partial charge is 0.486 e. The van der Waals surface area contributed by atoms with Crippen LogP contribution in [-0.2, 0) is 16.2 Å². The molecule has 1 saturated heterocycles. The summed E-state index contributed by atoms with van der Waals surface area (Å²) in [5, 5.41) is 5.06. The van der Waals surface area contributed by atoms with Crippen LogP contribution in [0.3, 0.4) is 0 Å². The summed E-state index contributed by atoms with van der Waals surface area (Å²) in [5.41, 5.74) is 1.13. The van der Waals surface area contributed by atoms with Crippen molar-refractivity contribution in [3.05, 3.63) is 66.0 Å². The molecule has 0 bridgehead atoms. The first kappa shape index (κ1) is 20.9. The van der Waals surface area contributed by atoms with Crippen molar-refractivity contribution in [1.29, 1.82) is 0 Å². The zero-order chi connectivity index (χ0) is 20.4. The molecule has 0 spiro atoms. The van der Waals surface area contributed by atoms with Gasteiger partial charge in [0.2, 0.25) is 0 Å². The van der Waals surface area contributed by atoms with Crippen molar-refractivity contribution in [2.75, 3.05) is 0 Å². The number of carbonyl (C=O) groups is 3. The Hall–Kier alpha value is -1.87. The first-order valence-corrected chi connectivity index (χ1v) is 10.0. The standard InChI is InChI=1S/C18H10Br2Cl2N2O4/c19-12-4-8(3-11-16(25)23-18(27)24-17(11)26)5-13(20)15(12)28-7-9-1-2-10(21)6-14(9)22/h1-6H,7H2,(H2,23,24,25,26,27). The summed E-state index contributed by atoms with van der Waals surface area (Å²) in [7, 11) is 0. The van der Waals surface area contributed by atoms with E-state index >= 15 is 0 Å². The van der Waals surface area contributed by atoms with Crippen molar-refractivity contribution in [2.24, 2.45) is 0 Å². The number of ether oxygens (including phenoxy) is 1. The van der Waals surface area contributed by atoms with Gasteiger partial charge in [0.15, 0.2) is 0 Å². The van der Waals surface area contributed by atoms with Gasteiger partial charge >= 0.3 is 6.03 Å². The highest BCUT2D eigenvalue weighted by atomic mass is 79.9. The van der Waals surface area contributed by atoms with E-state index in [0.29, 0.717) is 30.3 Å². The molecule has 1 heterocycles. The molecule has 144 valence electrons. The van der Waals surface area contributed by atoms with Crippen LogP contribution in [0.2, 0.25) is 10.0 Å². The number of rotatable bonds is 4. The smallest absolute Gasteiger partial charge is 0.328 e. The van der Waals surface area contributed by atoms with Gasteiger partial charge in [-0.2, -0.15) is 0 Å². The maximum atomic E-state index is 11.8. The quantitative estimate of drug-likeness (QED) is 0.423. The van der Waals surface area contributed by atoms with Crippen molar-refractivity contribution in [3.63, 3.8) is 0 Å². The Morgan fingerprint density at radius 1 is 0.964 bits per heavy atom. The van der Waals surface area contributed by atoms with Crippen LogP contribution in [0.15, 0.2) is 44.9 Å². The average molecular weight is 549 g/mol. The van der Waals surface area contributed by atoms with Crippen LogP contribution in [0.1, 0.15) is 11.1 Å². The Morgan fingerprint density at radius 2 is 1.57 bits per heavy atom. The summed E-state index contributed by atoms with van der Waals surface area (Å²) in [6.45, 7) is 0.209. The topological polar surface area (TPSA) is 84.5 Å². The van der Waals surface area contributed by atoms with Gasteiger partial charge in [-0.05, 0) is 67.8 Å². The molecule has 6 nitrogen and oxygen atoms in total. The fourth-order valence-electron chi connectivity index (χ4n) is 2.36. The van der Waals surface area contributed by atoms with Gasteiger partial charge in [-0.15, -0.1) is 0 Å². The molecule has 1 aliphatic rings. The molecule has 0 unspecified atom stereocenters. The highest BCUT2D eigenvalue weighted by molar-refractivity contribution is 9.11. The van der Waals surface area contributed by atoms with Crippen LogP contribution in [0, 0.1) is 0 Å². The molecule has 28 heavy (non-hydrogen) atoms. The predicted octanol–water partition coefficient (Wildman–Crippen LogP) is 4.85. The van der Waals surface area contributed by atoms with E-state index in [0.717, 1.165) is 5.56 Å². The Kier molecular flexibility index (Phi) is 6.44. The number of hydrogen-bond acceptors (Lipinski definition) is 4. The third-order valence-electron chi connectivity index (χ3n) is 3.66. The SMILES string of the molecule is O=C1NC(=O)C(=Cc2cc(Br)c(OCc3ccc(Cl)cc3Cl)c(Br)c2)C(=O)N1. The zero-order valence-corrected chi connectivity index (χ0v) is 18.5. The molecule has 1 fully saturated rings. The Balaban J connectivity index is 1.83. The third kappa shape index (κ3) is 4.75. The lowest BCUT2D eigenvalue weighted by atomic mass is 10.1. The van der Waals surface area contributed by atoms with Crippen molar-refractivity contribution in [1.82, 2.24) is 10.6 Å². The summed E-state index contributed by atoms with van der Waals surface area (Å²) < 4.78 is 7.01. The lowest BCUT2D eigenvalue weighted by Crippen LogP contribution is -2.51. The van der Waals surface area contributed by atoms with Gasteiger partial charge in [0.05, 0.1) is 8.95 Å². The van der Waals surface area contributed by atoms with Crippen molar-refractivity contribution < 1.29 is 19.1 Å². The van der Waals surface area contributed by atoms with Crippen LogP contribution in [-0.4, -0.2) is 17.8 Å². The fourth-order valence-corrected chi connectivity index (χ4v) is 4.28. The predicted molar refractivity (Wildman–Crippen MR) is 112 cm³/mol. The second-order valence-corrected chi connectivity index (χ2v) is 8.19. The minimum Gasteiger partial charge on any atom is -0.486 e. The van der Waals surface area contributed by atoms with E-state index in [4.69, 9.17) is 27.9 Å². The molecule has 0 radical (unpaired) electrons. The number of urea groups is 1. The minimum absolute atomic E-state index is 0.181. The van der Waals surface area contributed by atoms with Gasteiger partial charge < -0.3 is 4.74 Å². The lowest BCUT2D eigenvalue weighted by molar-refractivity contribution is -0.123. The highest BCUT2D eigenvalue weighted by Gasteiger charge is 2.27. The van der Waals surface area contributed by atoms with E-state index in [1.54, 1.807) is 30.3 Å². The molecule has 1 aliphatic heterocycles. The third-order valence-corrected chi connectivity index (χ3v) is 5.43. The molecule has 10 heteroatoms. The van der Waals surface area contributed by atoms with Gasteiger partial charge in [-0.25, -0.2) is 4.79 Å². The van der Waals surface area contributed by atoms with E-state index in [1.807, 2.05) is 10.6 Å². The molecule has 0 aromatic heterocycles. The number of imide groups is 2. The molecule has 0 aliphatic carbocycles.